The molecule has 0 saturated heterocycles. The molecular formula is C13H18BrCl2N3. The molecule has 1 aromatic heterocycles. The maximum Gasteiger partial charge on any atom is 0.106 e. The molecule has 0 unspecified atom stereocenters. The van der Waals surface area contributed by atoms with Gasteiger partial charge in [-0.15, -0.1) is 24.8 Å². The van der Waals surface area contributed by atoms with Crippen LogP contribution in [0.5, 0.6) is 0 Å². The number of nitrogens with one attached hydrogen (secondary N) is 2. The molecule has 0 spiro atoms. The third kappa shape index (κ3) is 5.15. The van der Waals surface area contributed by atoms with E-state index in [1.807, 2.05) is 31.4 Å². The zero-order valence-electron chi connectivity index (χ0n) is 10.6. The molecule has 2 N–H and O–H groups in total. The Morgan fingerprint density at radius 1 is 1.26 bits per heavy atom. The molecule has 106 valence electrons. The van der Waals surface area contributed by atoms with Crippen molar-refractivity contribution in [2.24, 2.45) is 0 Å². The first kappa shape index (κ1) is 18.4. The van der Waals surface area contributed by atoms with Gasteiger partial charge in [-0.3, -0.25) is 0 Å². The molecule has 0 aliphatic heterocycles. The second-order valence-electron chi connectivity index (χ2n) is 3.93. The average molecular weight is 367 g/mol. The number of aromatic nitrogens is 2. The van der Waals surface area contributed by atoms with E-state index < -0.39 is 0 Å². The van der Waals surface area contributed by atoms with Gasteiger partial charge in [0.1, 0.15) is 5.82 Å². The maximum atomic E-state index is 4.40. The van der Waals surface area contributed by atoms with Gasteiger partial charge in [0.25, 0.3) is 0 Å². The van der Waals surface area contributed by atoms with Crippen LogP contribution in [0.2, 0.25) is 0 Å². The van der Waals surface area contributed by atoms with E-state index in [1.165, 1.54) is 0 Å². The quantitative estimate of drug-likeness (QED) is 0.789. The molecule has 0 aliphatic rings. The van der Waals surface area contributed by atoms with Gasteiger partial charge in [0.2, 0.25) is 0 Å². The van der Waals surface area contributed by atoms with Crippen molar-refractivity contribution in [3.63, 3.8) is 0 Å². The number of halogens is 3. The van der Waals surface area contributed by atoms with Crippen molar-refractivity contribution in [3.05, 3.63) is 40.8 Å². The minimum absolute atomic E-state index is 0. The largest absolute Gasteiger partial charge is 0.342 e. The van der Waals surface area contributed by atoms with Gasteiger partial charge in [-0.25, -0.2) is 4.98 Å². The van der Waals surface area contributed by atoms with Crippen LogP contribution in [-0.2, 0) is 6.42 Å². The second-order valence-corrected chi connectivity index (χ2v) is 4.78. The summed E-state index contributed by atoms with van der Waals surface area (Å²) in [5, 5.41) is 3.14. The SMILES string of the molecule is CNCCCc1ncc(-c2ccccc2Br)[nH]1.Cl.Cl. The van der Waals surface area contributed by atoms with Crippen molar-refractivity contribution in [3.8, 4) is 11.3 Å². The fourth-order valence-corrected chi connectivity index (χ4v) is 2.24. The van der Waals surface area contributed by atoms with E-state index in [4.69, 9.17) is 0 Å². The van der Waals surface area contributed by atoms with Gasteiger partial charge in [-0.05, 0) is 26.1 Å². The summed E-state index contributed by atoms with van der Waals surface area (Å²) >= 11 is 3.55. The molecule has 3 nitrogen and oxygen atoms in total. The van der Waals surface area contributed by atoms with E-state index in [9.17, 15) is 0 Å². The number of benzene rings is 1. The zero-order valence-corrected chi connectivity index (χ0v) is 13.9. The number of imidazole rings is 1. The normalized spacial score (nSPS) is 9.58. The predicted molar refractivity (Wildman–Crippen MR) is 88.5 cm³/mol. The van der Waals surface area contributed by atoms with Crippen LogP contribution in [0.15, 0.2) is 34.9 Å². The fraction of sp³-hybridized carbons (Fsp3) is 0.308. The Morgan fingerprint density at radius 3 is 2.68 bits per heavy atom. The molecule has 1 aromatic carbocycles. The first-order valence-electron chi connectivity index (χ1n) is 5.74. The predicted octanol–water partition coefficient (Wildman–Crippen LogP) is 3.83. The van der Waals surface area contributed by atoms with Crippen LogP contribution >= 0.6 is 40.7 Å². The lowest BCUT2D eigenvalue weighted by Crippen LogP contribution is -2.08. The Kier molecular flexibility index (Phi) is 9.10. The lowest BCUT2D eigenvalue weighted by Gasteiger charge is -2.00. The zero-order chi connectivity index (χ0) is 12.1. The number of aromatic amines is 1. The standard InChI is InChI=1S/C13H16BrN3.2ClH/c1-15-8-4-7-13-16-9-12(17-13)10-5-2-3-6-11(10)14;;/h2-3,5-6,9,15H,4,7-8H2,1H3,(H,16,17);2*1H. The van der Waals surface area contributed by atoms with Crippen LogP contribution < -0.4 is 5.32 Å². The van der Waals surface area contributed by atoms with E-state index in [1.54, 1.807) is 0 Å². The van der Waals surface area contributed by atoms with Gasteiger partial charge >= 0.3 is 0 Å². The van der Waals surface area contributed by atoms with E-state index >= 15 is 0 Å². The molecule has 0 aliphatic carbocycles. The Morgan fingerprint density at radius 2 is 2.00 bits per heavy atom. The van der Waals surface area contributed by atoms with Gasteiger partial charge in [0.15, 0.2) is 0 Å². The van der Waals surface area contributed by atoms with Gasteiger partial charge < -0.3 is 10.3 Å². The van der Waals surface area contributed by atoms with Crippen LogP contribution in [0.1, 0.15) is 12.2 Å². The van der Waals surface area contributed by atoms with E-state index in [0.29, 0.717) is 0 Å². The van der Waals surface area contributed by atoms with Crippen LogP contribution in [0.4, 0.5) is 0 Å². The second kappa shape index (κ2) is 9.37. The molecular weight excluding hydrogens is 349 g/mol. The molecule has 0 atom stereocenters. The first-order chi connectivity index (χ1) is 8.31. The number of rotatable bonds is 5. The highest BCUT2D eigenvalue weighted by Crippen LogP contribution is 2.26. The molecule has 1 heterocycles. The summed E-state index contributed by atoms with van der Waals surface area (Å²) in [7, 11) is 1.97. The van der Waals surface area contributed by atoms with Crippen molar-refractivity contribution in [2.45, 2.75) is 12.8 Å². The summed E-state index contributed by atoms with van der Waals surface area (Å²) in [5.41, 5.74) is 2.22. The Bertz CT molecular complexity index is 488. The molecule has 0 amide bonds. The number of hydrogen-bond donors (Lipinski definition) is 2. The third-order valence-electron chi connectivity index (χ3n) is 2.63. The Balaban J connectivity index is 0.00000162. The molecule has 19 heavy (non-hydrogen) atoms. The van der Waals surface area contributed by atoms with E-state index in [2.05, 4.69) is 37.3 Å². The molecule has 0 fully saturated rings. The Hall–Kier alpha value is -0.550. The fourth-order valence-electron chi connectivity index (χ4n) is 1.74. The summed E-state index contributed by atoms with van der Waals surface area (Å²) in [6, 6.07) is 8.16. The van der Waals surface area contributed by atoms with Crippen molar-refractivity contribution < 1.29 is 0 Å². The summed E-state index contributed by atoms with van der Waals surface area (Å²) in [5.74, 6) is 1.05. The number of H-pyrrole nitrogens is 1. The Labute approximate surface area is 134 Å². The lowest BCUT2D eigenvalue weighted by molar-refractivity contribution is 0.707. The summed E-state index contributed by atoms with van der Waals surface area (Å²) < 4.78 is 1.09. The van der Waals surface area contributed by atoms with Crippen LogP contribution in [0.3, 0.4) is 0 Å². The molecule has 0 saturated carbocycles. The molecule has 2 rings (SSSR count). The number of nitrogens with zero attached hydrogens (tertiary/aromatic N) is 1. The molecule has 6 heteroatoms. The van der Waals surface area contributed by atoms with Crippen LogP contribution in [0, 0.1) is 0 Å². The van der Waals surface area contributed by atoms with Gasteiger partial charge in [-0.1, -0.05) is 34.1 Å². The molecule has 0 radical (unpaired) electrons. The topological polar surface area (TPSA) is 40.7 Å². The average Bonchev–Trinajstić information content (AvgIpc) is 2.79. The highest BCUT2D eigenvalue weighted by Gasteiger charge is 2.05. The summed E-state index contributed by atoms with van der Waals surface area (Å²) in [6.07, 6.45) is 3.97. The van der Waals surface area contributed by atoms with E-state index in [-0.39, 0.29) is 24.8 Å². The summed E-state index contributed by atoms with van der Waals surface area (Å²) in [4.78, 5) is 7.76. The number of aryl methyl sites for hydroxylation is 1. The minimum Gasteiger partial charge on any atom is -0.342 e. The van der Waals surface area contributed by atoms with E-state index in [0.717, 1.165) is 40.9 Å². The van der Waals surface area contributed by atoms with Gasteiger partial charge in [0.05, 0.1) is 11.9 Å². The highest BCUT2D eigenvalue weighted by molar-refractivity contribution is 9.10. The van der Waals surface area contributed by atoms with Crippen molar-refractivity contribution in [2.75, 3.05) is 13.6 Å². The molecule has 0 bridgehead atoms. The van der Waals surface area contributed by atoms with Crippen molar-refractivity contribution in [1.82, 2.24) is 15.3 Å². The number of hydrogen-bond acceptors (Lipinski definition) is 2. The van der Waals surface area contributed by atoms with Crippen molar-refractivity contribution in [1.29, 1.82) is 0 Å². The smallest absolute Gasteiger partial charge is 0.106 e. The van der Waals surface area contributed by atoms with Crippen LogP contribution in [0.25, 0.3) is 11.3 Å². The molecule has 2 aromatic rings. The van der Waals surface area contributed by atoms with Gasteiger partial charge in [0, 0.05) is 16.5 Å². The highest BCUT2D eigenvalue weighted by atomic mass is 79.9. The third-order valence-corrected chi connectivity index (χ3v) is 3.32. The lowest BCUT2D eigenvalue weighted by atomic mass is 10.2. The minimum atomic E-state index is 0. The monoisotopic (exact) mass is 365 g/mol. The first-order valence-corrected chi connectivity index (χ1v) is 6.54. The van der Waals surface area contributed by atoms with Gasteiger partial charge in [-0.2, -0.15) is 0 Å². The van der Waals surface area contributed by atoms with Crippen LogP contribution in [-0.4, -0.2) is 23.6 Å². The van der Waals surface area contributed by atoms with Crippen molar-refractivity contribution >= 4 is 40.7 Å². The maximum absolute atomic E-state index is 4.40. The summed E-state index contributed by atoms with van der Waals surface area (Å²) in [6.45, 7) is 1.02.